The van der Waals surface area contributed by atoms with E-state index in [1.165, 1.54) is 16.3 Å². The number of rotatable bonds is 12. The number of imidazole rings is 1. The zero-order valence-corrected chi connectivity index (χ0v) is 49.3. The van der Waals surface area contributed by atoms with Gasteiger partial charge < -0.3 is 9.30 Å². The molecular weight excluding hydrogens is 1030 g/mol. The molecule has 0 atom stereocenters. The molecule has 0 spiro atoms. The maximum Gasteiger partial charge on any atom is 0.269 e. The number of hydrogen-bond acceptors (Lipinski definition) is 2. The number of pyridine rings is 1. The van der Waals surface area contributed by atoms with Crippen molar-refractivity contribution in [3.63, 3.8) is 0 Å². The molecule has 0 saturated heterocycles. The molecule has 4 aromatic heterocycles. The highest BCUT2D eigenvalue weighted by molar-refractivity contribution is 6.12. The zero-order chi connectivity index (χ0) is 62.5. The highest BCUT2D eigenvalue weighted by atomic mass is 16.5. The Kier molecular flexibility index (Phi) is 11.9. The summed E-state index contributed by atoms with van der Waals surface area (Å²) >= 11 is 0. The standard InChI is InChI=1S/C79H69N5O/c1-9-52(10-2)56-41-42-80-76(46-56)84-72-40-36-61(83-70-33-19-17-29-66(70)67-30-18-20-34-71(67)83)49-69(72)68-38-37-63(50-74(68)84)85-62-28-21-27-60(48-62)81-51-82(75-45-55(35-39-73(75)81)53-23-13-11-14-24-53)77-64(54-25-15-12-16-26-54)31-22-32-65(77)57-43-58(78(3,4)5)47-59(44-57)79(6,7)8/h11-50,52H,9-10H2,1-8H3/i12D,15D,16D,25D,26D. The predicted molar refractivity (Wildman–Crippen MR) is 354 cm³/mol. The minimum Gasteiger partial charge on any atom is -0.458 e. The lowest BCUT2D eigenvalue weighted by molar-refractivity contribution is -0.571. The molecule has 4 heterocycles. The van der Waals surface area contributed by atoms with Crippen molar-refractivity contribution < 1.29 is 16.2 Å². The molecule has 0 unspecified atom stereocenters. The number of ether oxygens (including phenoxy) is 1. The minimum atomic E-state index is -0.448. The fourth-order valence-electron chi connectivity index (χ4n) is 12.6. The predicted octanol–water partition coefficient (Wildman–Crippen LogP) is 20.6. The lowest BCUT2D eigenvalue weighted by atomic mass is 9.78. The maximum absolute atomic E-state index is 9.44. The van der Waals surface area contributed by atoms with Crippen LogP contribution in [0.5, 0.6) is 11.5 Å². The van der Waals surface area contributed by atoms with E-state index in [4.69, 9.17) is 13.8 Å². The molecule has 10 aromatic carbocycles. The SMILES string of the molecule is [2H]c1c([2H])c([2H])c(-c2cccc(-c3cc(C(C)(C)C)cc(C(C)(C)C)c3)c2-[n+]2[c-]n(-c3cccc(Oc4ccc5c6cc(-n7c8ccccc8c8ccccc87)ccc6n(-c6cc(C(CC)CC)ccn6)c5c4)c3)c3ccc(-c4ccccc4)cc32)c([2H])c1[2H]. The molecule has 0 aliphatic rings. The Morgan fingerprint density at radius 2 is 1.12 bits per heavy atom. The van der Waals surface area contributed by atoms with Gasteiger partial charge in [0.05, 0.1) is 51.3 Å². The Morgan fingerprint density at radius 1 is 0.482 bits per heavy atom. The van der Waals surface area contributed by atoms with Crippen molar-refractivity contribution in [2.75, 3.05) is 0 Å². The second-order valence-electron chi connectivity index (χ2n) is 24.5. The van der Waals surface area contributed by atoms with Crippen LogP contribution in [0.15, 0.2) is 243 Å². The fourth-order valence-corrected chi connectivity index (χ4v) is 12.6. The Balaban J connectivity index is 0.954. The van der Waals surface area contributed by atoms with E-state index in [9.17, 15) is 2.74 Å². The molecule has 0 fully saturated rings. The van der Waals surface area contributed by atoms with Gasteiger partial charge in [-0.25, -0.2) is 4.98 Å². The lowest BCUT2D eigenvalue weighted by Gasteiger charge is -2.27. The monoisotopic (exact) mass is 1110 g/mol. The molecule has 6 nitrogen and oxygen atoms in total. The number of aromatic nitrogens is 5. The van der Waals surface area contributed by atoms with Crippen LogP contribution >= 0.6 is 0 Å². The molecule has 0 aliphatic heterocycles. The van der Waals surface area contributed by atoms with Crippen molar-refractivity contribution >= 4 is 54.6 Å². The van der Waals surface area contributed by atoms with E-state index in [0.717, 1.165) is 107 Å². The van der Waals surface area contributed by atoms with Crippen LogP contribution in [0.4, 0.5) is 0 Å². The van der Waals surface area contributed by atoms with Gasteiger partial charge in [-0.05, 0) is 159 Å². The Hall–Kier alpha value is -9.78. The number of para-hydroxylation sites is 3. The normalized spacial score (nSPS) is 13.0. The number of hydrogen-bond donors (Lipinski definition) is 0. The van der Waals surface area contributed by atoms with Crippen LogP contribution in [-0.2, 0) is 10.8 Å². The van der Waals surface area contributed by atoms with Crippen molar-refractivity contribution in [1.29, 1.82) is 0 Å². The summed E-state index contributed by atoms with van der Waals surface area (Å²) in [5.41, 5.74) is 15.8. The van der Waals surface area contributed by atoms with Crippen LogP contribution in [0.3, 0.4) is 0 Å². The molecule has 0 saturated carbocycles. The van der Waals surface area contributed by atoms with E-state index < -0.39 is 18.1 Å². The summed E-state index contributed by atoms with van der Waals surface area (Å²) in [7, 11) is 0. The Bertz CT molecular complexity index is 5060. The van der Waals surface area contributed by atoms with Gasteiger partial charge in [0.15, 0.2) is 0 Å². The van der Waals surface area contributed by atoms with E-state index in [2.05, 4.69) is 216 Å². The lowest BCUT2D eigenvalue weighted by Crippen LogP contribution is -2.31. The van der Waals surface area contributed by atoms with Gasteiger partial charge >= 0.3 is 0 Å². The first-order valence-electron chi connectivity index (χ1n) is 32.1. The Morgan fingerprint density at radius 3 is 1.82 bits per heavy atom. The third kappa shape index (κ3) is 9.56. The first-order chi connectivity index (χ1) is 43.4. The van der Waals surface area contributed by atoms with Crippen molar-refractivity contribution in [2.45, 2.75) is 85.0 Å². The van der Waals surface area contributed by atoms with Crippen LogP contribution in [0.25, 0.3) is 111 Å². The second-order valence-corrected chi connectivity index (χ2v) is 24.5. The molecule has 6 heteroatoms. The summed E-state index contributed by atoms with van der Waals surface area (Å²) in [5.74, 6) is 2.49. The molecule has 0 amide bonds. The molecular formula is C79H69N5O. The largest absolute Gasteiger partial charge is 0.458 e. The summed E-state index contributed by atoms with van der Waals surface area (Å²) in [6.07, 6.45) is 7.81. The number of benzene rings is 10. The van der Waals surface area contributed by atoms with Crippen LogP contribution in [0.1, 0.15) is 97.7 Å². The number of fused-ring (bicyclic) bond motifs is 7. The first kappa shape index (κ1) is 47.7. The summed E-state index contributed by atoms with van der Waals surface area (Å²) < 4.78 is 61.1. The van der Waals surface area contributed by atoms with E-state index in [1.54, 1.807) is 0 Å². The third-order valence-electron chi connectivity index (χ3n) is 17.1. The molecule has 416 valence electrons. The van der Waals surface area contributed by atoms with Crippen molar-refractivity contribution in [2.24, 2.45) is 0 Å². The fraction of sp³-hybridized carbons (Fsp3) is 0.165. The van der Waals surface area contributed by atoms with Gasteiger partial charge in [-0.3, -0.25) is 13.7 Å². The summed E-state index contributed by atoms with van der Waals surface area (Å²) in [6, 6.07) is 70.2. The van der Waals surface area contributed by atoms with E-state index >= 15 is 0 Å². The first-order valence-corrected chi connectivity index (χ1v) is 29.6. The average Bonchev–Trinajstić information content (AvgIpc) is 1.52. The molecule has 14 aromatic rings. The third-order valence-corrected chi connectivity index (χ3v) is 17.1. The van der Waals surface area contributed by atoms with Gasteiger partial charge in [0.25, 0.3) is 6.33 Å². The van der Waals surface area contributed by atoms with Gasteiger partial charge in [0.2, 0.25) is 0 Å². The molecule has 14 rings (SSSR count). The van der Waals surface area contributed by atoms with Crippen LogP contribution in [0.2, 0.25) is 0 Å². The average molecular weight is 1110 g/mol. The van der Waals surface area contributed by atoms with Gasteiger partial charge in [-0.15, -0.1) is 0 Å². The maximum atomic E-state index is 9.44. The quantitative estimate of drug-likeness (QED) is 0.0904. The topological polar surface area (TPSA) is 40.8 Å². The summed E-state index contributed by atoms with van der Waals surface area (Å²) in [6.45, 7) is 17.8. The van der Waals surface area contributed by atoms with Crippen molar-refractivity contribution in [3.8, 4) is 67.8 Å². The van der Waals surface area contributed by atoms with Crippen molar-refractivity contribution in [3.05, 3.63) is 266 Å². The second kappa shape index (κ2) is 21.1. The van der Waals surface area contributed by atoms with Crippen LogP contribution < -0.4 is 9.30 Å². The highest BCUT2D eigenvalue weighted by Crippen LogP contribution is 2.42. The van der Waals surface area contributed by atoms with Crippen LogP contribution in [0, 0.1) is 6.33 Å². The van der Waals surface area contributed by atoms with Crippen molar-refractivity contribution in [1.82, 2.24) is 18.7 Å². The van der Waals surface area contributed by atoms with Gasteiger partial charge in [-0.1, -0.05) is 207 Å². The number of nitrogens with zero attached hydrogens (tertiary/aromatic N) is 5. The van der Waals surface area contributed by atoms with E-state index in [-0.39, 0.29) is 28.5 Å². The molecule has 85 heavy (non-hydrogen) atoms. The van der Waals surface area contributed by atoms with Gasteiger partial charge in [0, 0.05) is 39.5 Å². The minimum absolute atomic E-state index is 0.103. The molecule has 0 radical (unpaired) electrons. The van der Waals surface area contributed by atoms with Gasteiger partial charge in [-0.2, -0.15) is 0 Å². The molecule has 0 aliphatic carbocycles. The summed E-state index contributed by atoms with van der Waals surface area (Å²) in [4.78, 5) is 5.07. The highest BCUT2D eigenvalue weighted by Gasteiger charge is 2.26. The summed E-state index contributed by atoms with van der Waals surface area (Å²) in [5, 5.41) is 4.59. The van der Waals surface area contributed by atoms with E-state index in [1.807, 2.05) is 76.0 Å². The van der Waals surface area contributed by atoms with Crippen LogP contribution in [-0.4, -0.2) is 18.7 Å². The molecule has 0 bridgehead atoms. The Labute approximate surface area is 505 Å². The molecule has 0 N–H and O–H groups in total. The van der Waals surface area contributed by atoms with E-state index in [0.29, 0.717) is 28.7 Å². The smallest absolute Gasteiger partial charge is 0.269 e. The zero-order valence-electron chi connectivity index (χ0n) is 54.3. The van der Waals surface area contributed by atoms with Gasteiger partial charge in [0.1, 0.15) is 17.3 Å².